The highest BCUT2D eigenvalue weighted by Crippen LogP contribution is 2.15. The summed E-state index contributed by atoms with van der Waals surface area (Å²) in [5.41, 5.74) is 5.63. The van der Waals surface area contributed by atoms with Gasteiger partial charge in [-0.25, -0.2) is 9.59 Å². The van der Waals surface area contributed by atoms with Crippen LogP contribution in [0.1, 0.15) is 107 Å². The molecule has 27 heteroatoms. The van der Waals surface area contributed by atoms with E-state index in [9.17, 15) is 78.3 Å². The number of carbonyl (C=O) groups excluding carboxylic acids is 9. The summed E-state index contributed by atoms with van der Waals surface area (Å²) in [6.07, 6.45) is 10.3. The van der Waals surface area contributed by atoms with Crippen molar-refractivity contribution in [1.82, 2.24) is 42.5 Å². The molecule has 0 fully saturated rings. The number of aliphatic carboxylic acids is 1. The summed E-state index contributed by atoms with van der Waals surface area (Å²) in [5.74, 6) is -9.31. The Bertz CT molecular complexity index is 1930. The summed E-state index contributed by atoms with van der Waals surface area (Å²) in [5, 5.41) is 75.0. The van der Waals surface area contributed by atoms with Crippen LogP contribution in [-0.4, -0.2) is 185 Å². The molecule has 0 aliphatic rings. The van der Waals surface area contributed by atoms with E-state index in [2.05, 4.69) is 42.5 Å². The van der Waals surface area contributed by atoms with E-state index in [4.69, 9.17) is 15.6 Å². The minimum Gasteiger partial charge on any atom is -0.494 e. The second kappa shape index (κ2) is 37.9. The number of hydrogen-bond donors (Lipinski definition) is 15. The highest BCUT2D eigenvalue weighted by molar-refractivity contribution is 5.96. The zero-order valence-corrected chi connectivity index (χ0v) is 40.7. The van der Waals surface area contributed by atoms with Crippen molar-refractivity contribution in [2.75, 3.05) is 52.7 Å². The van der Waals surface area contributed by atoms with Crippen LogP contribution in [0.25, 0.3) is 0 Å². The number of carbonyl (C=O) groups is 10. The third kappa shape index (κ3) is 28.7. The predicted molar refractivity (Wildman–Crippen MR) is 256 cm³/mol. The van der Waals surface area contributed by atoms with Gasteiger partial charge in [0, 0.05) is 19.4 Å². The van der Waals surface area contributed by atoms with Crippen LogP contribution in [0, 0.1) is 0 Å². The zero-order chi connectivity index (χ0) is 54.6. The first-order chi connectivity index (χ1) is 34.9. The Hall–Kier alpha value is -6.81. The van der Waals surface area contributed by atoms with Crippen LogP contribution >= 0.6 is 0 Å². The summed E-state index contributed by atoms with van der Waals surface area (Å²) < 4.78 is 5.64. The Morgan fingerprint density at radius 3 is 1.44 bits per heavy atom. The summed E-state index contributed by atoms with van der Waals surface area (Å²) in [7, 11) is 0. The van der Waals surface area contributed by atoms with E-state index in [1.54, 1.807) is 18.4 Å². The van der Waals surface area contributed by atoms with Crippen molar-refractivity contribution in [3.8, 4) is 5.75 Å². The monoisotopic (exact) mass is 1040 g/mol. The van der Waals surface area contributed by atoms with Gasteiger partial charge < -0.3 is 83.6 Å². The molecule has 0 aromatic heterocycles. The van der Waals surface area contributed by atoms with Gasteiger partial charge in [-0.05, 0) is 62.8 Å². The SMILES string of the molecule is N[C@H]([C]=O)CCCCNC(=O)CNC(=O)[C@H](CO)NC(=O)[C@H](CO)NC(=O)CNC(=O)[C@H](CO)NC(=O)[C@H](CO)NC(=O)CC[C@H](NC(=O)CCCCCCCCCCCOc1ccc(C(=O)O)cc1)C(=O)O. The van der Waals surface area contributed by atoms with Gasteiger partial charge in [0.05, 0.1) is 57.7 Å². The Balaban J connectivity index is 2.41. The molecule has 1 aromatic rings. The number of hydrogen-bond acceptors (Lipinski definition) is 17. The van der Waals surface area contributed by atoms with Crippen molar-refractivity contribution in [3.05, 3.63) is 29.8 Å². The lowest BCUT2D eigenvalue weighted by molar-refractivity contribution is -0.142. The fourth-order valence-corrected chi connectivity index (χ4v) is 6.56. The number of unbranched alkanes of at least 4 members (excludes halogenated alkanes) is 9. The highest BCUT2D eigenvalue weighted by Gasteiger charge is 2.29. The fraction of sp³-hybridized carbons (Fsp3) is 0.630. The first-order valence-corrected chi connectivity index (χ1v) is 24.0. The molecule has 0 unspecified atom stereocenters. The number of carboxylic acid groups (broad SMARTS) is 2. The molecule has 8 amide bonds. The van der Waals surface area contributed by atoms with Crippen molar-refractivity contribution < 1.29 is 88.1 Å². The van der Waals surface area contributed by atoms with Crippen molar-refractivity contribution in [3.63, 3.8) is 0 Å². The molecule has 0 saturated heterocycles. The van der Waals surface area contributed by atoms with E-state index in [1.165, 1.54) is 12.1 Å². The van der Waals surface area contributed by atoms with E-state index >= 15 is 0 Å². The van der Waals surface area contributed by atoms with E-state index in [0.29, 0.717) is 38.0 Å². The quantitative estimate of drug-likeness (QED) is 0.0277. The minimum absolute atomic E-state index is 0.0646. The average Bonchev–Trinajstić information content (AvgIpc) is 3.37. The third-order valence-corrected chi connectivity index (χ3v) is 10.8. The smallest absolute Gasteiger partial charge is 0.335 e. The summed E-state index contributed by atoms with van der Waals surface area (Å²) in [4.78, 5) is 134. The summed E-state index contributed by atoms with van der Waals surface area (Å²) in [6, 6.07) is -2.70. The molecule has 1 aromatic carbocycles. The number of benzene rings is 1. The van der Waals surface area contributed by atoms with E-state index < -0.39 is 141 Å². The van der Waals surface area contributed by atoms with Gasteiger partial charge in [0.15, 0.2) is 0 Å². The van der Waals surface area contributed by atoms with E-state index in [0.717, 1.165) is 51.4 Å². The number of nitrogens with one attached hydrogen (secondary N) is 8. The first kappa shape index (κ1) is 64.2. The molecule has 0 saturated carbocycles. The first-order valence-electron chi connectivity index (χ1n) is 24.0. The number of ether oxygens (including phenoxy) is 1. The average molecular weight is 1040 g/mol. The number of aliphatic hydroxyl groups excluding tert-OH is 4. The van der Waals surface area contributed by atoms with E-state index in [1.807, 2.05) is 0 Å². The number of rotatable bonds is 41. The Labute approximate surface area is 421 Å². The fourth-order valence-electron chi connectivity index (χ4n) is 6.56. The van der Waals surface area contributed by atoms with Gasteiger partial charge in [-0.3, -0.25) is 43.2 Å². The van der Waals surface area contributed by atoms with Gasteiger partial charge in [0.1, 0.15) is 36.0 Å². The van der Waals surface area contributed by atoms with Crippen molar-refractivity contribution >= 4 is 65.5 Å². The van der Waals surface area contributed by atoms with E-state index in [-0.39, 0.29) is 24.9 Å². The number of aliphatic hydroxyl groups is 4. The van der Waals surface area contributed by atoms with Gasteiger partial charge in [0.25, 0.3) is 0 Å². The molecule has 0 bridgehead atoms. The Kier molecular flexibility index (Phi) is 33.3. The highest BCUT2D eigenvalue weighted by atomic mass is 16.5. The lowest BCUT2D eigenvalue weighted by atomic mass is 10.1. The largest absolute Gasteiger partial charge is 0.494 e. The number of carboxylic acids is 2. The lowest BCUT2D eigenvalue weighted by Crippen LogP contribution is -2.58. The van der Waals surface area contributed by atoms with Crippen LogP contribution < -0.4 is 53.0 Å². The van der Waals surface area contributed by atoms with Crippen LogP contribution in [0.5, 0.6) is 5.75 Å². The number of nitrogens with two attached hydrogens (primary N) is 1. The Morgan fingerprint density at radius 1 is 0.493 bits per heavy atom. The molecule has 0 spiro atoms. The van der Waals surface area contributed by atoms with Crippen molar-refractivity contribution in [2.45, 2.75) is 133 Å². The molecule has 1 radical (unpaired) electrons. The molecule has 16 N–H and O–H groups in total. The topological polar surface area (TPSA) is 441 Å². The van der Waals surface area contributed by atoms with Gasteiger partial charge in [0.2, 0.25) is 53.5 Å². The standard InChI is InChI=1S/C46H72N9O18/c47-30(24-56)12-9-10-20-48-39(63)22-49-41(65)33(25-57)55-44(68)36(28-60)53-40(64)23-50-42(66)34(26-58)54-43(67)35(27-59)52-38(62)19-18-32(46(71)72)51-37(61)13-8-6-4-2-1-3-5-7-11-21-73-31-16-14-29(15-17-31)45(69)70/h14-17,30,32-36,57-60H,1-13,18-23,25-28,47H2,(H,48,63)(H,49,65)(H,50,66)(H,51,61)(H,52,62)(H,53,64)(H,54,67)(H,55,68)(H,69,70)(H,71,72)/t30-,32-,33-,34-,35-,36-/m0/s1. The van der Waals surface area contributed by atoms with Gasteiger partial charge in [-0.15, -0.1) is 0 Å². The predicted octanol–water partition coefficient (Wildman–Crippen LogP) is -4.12. The second-order valence-electron chi connectivity index (χ2n) is 16.7. The maximum absolute atomic E-state index is 12.8. The summed E-state index contributed by atoms with van der Waals surface area (Å²) in [6.45, 7) is -4.65. The van der Waals surface area contributed by atoms with Crippen LogP contribution in [-0.2, 0) is 47.9 Å². The molecular formula is C46H72N9O18. The molecular weight excluding hydrogens is 967 g/mol. The van der Waals surface area contributed by atoms with Crippen LogP contribution in [0.4, 0.5) is 0 Å². The number of aromatic carboxylic acids is 1. The van der Waals surface area contributed by atoms with Gasteiger partial charge in [-0.1, -0.05) is 44.9 Å². The molecule has 1 rings (SSSR count). The molecule has 409 valence electrons. The molecule has 0 aliphatic carbocycles. The van der Waals surface area contributed by atoms with Crippen molar-refractivity contribution in [2.24, 2.45) is 5.73 Å². The molecule has 27 nitrogen and oxygen atoms in total. The van der Waals surface area contributed by atoms with Crippen LogP contribution in [0.2, 0.25) is 0 Å². The van der Waals surface area contributed by atoms with Crippen LogP contribution in [0.15, 0.2) is 24.3 Å². The normalized spacial score (nSPS) is 13.3. The molecule has 6 atom stereocenters. The maximum atomic E-state index is 12.8. The second-order valence-corrected chi connectivity index (χ2v) is 16.7. The van der Waals surface area contributed by atoms with Crippen molar-refractivity contribution in [1.29, 1.82) is 0 Å². The summed E-state index contributed by atoms with van der Waals surface area (Å²) >= 11 is 0. The lowest BCUT2D eigenvalue weighted by Gasteiger charge is -2.22. The molecule has 0 heterocycles. The van der Waals surface area contributed by atoms with Gasteiger partial charge in [-0.2, -0.15) is 0 Å². The number of amides is 8. The third-order valence-electron chi connectivity index (χ3n) is 10.8. The van der Waals surface area contributed by atoms with Crippen LogP contribution in [0.3, 0.4) is 0 Å². The Morgan fingerprint density at radius 2 is 0.945 bits per heavy atom. The minimum atomic E-state index is -1.74. The van der Waals surface area contributed by atoms with Gasteiger partial charge >= 0.3 is 11.9 Å². The maximum Gasteiger partial charge on any atom is 0.335 e. The molecule has 73 heavy (non-hydrogen) atoms. The zero-order valence-electron chi connectivity index (χ0n) is 40.7. The molecule has 0 aliphatic heterocycles.